The molecular formula is C12H13ClN2O. The Kier molecular flexibility index (Phi) is 3.27. The minimum Gasteiger partial charge on any atom is -0.380 e. The van der Waals surface area contributed by atoms with Gasteiger partial charge in [0.25, 0.3) is 0 Å². The summed E-state index contributed by atoms with van der Waals surface area (Å²) in [5, 5.41) is 10.8. The number of aryl methyl sites for hydroxylation is 1. The lowest BCUT2D eigenvalue weighted by molar-refractivity contribution is 0.205. The van der Waals surface area contributed by atoms with Crippen LogP contribution in [-0.2, 0) is 6.54 Å². The topological polar surface area (TPSA) is 38.0 Å². The molecule has 0 fully saturated rings. The van der Waals surface area contributed by atoms with E-state index >= 15 is 0 Å². The molecule has 0 bridgehead atoms. The smallest absolute Gasteiger partial charge is 0.142 e. The number of rotatable bonds is 3. The number of nitrogens with zero attached hydrogens (tertiary/aromatic N) is 2. The molecule has 0 radical (unpaired) electrons. The summed E-state index contributed by atoms with van der Waals surface area (Å²) in [4.78, 5) is 4.17. The number of imidazole rings is 1. The number of aliphatic hydroxyl groups is 1. The van der Waals surface area contributed by atoms with E-state index < -0.39 is 6.10 Å². The highest BCUT2D eigenvalue weighted by atomic mass is 35.5. The average Bonchev–Trinajstić information content (AvgIpc) is 2.77. The second kappa shape index (κ2) is 4.68. The Morgan fingerprint density at radius 3 is 2.69 bits per heavy atom. The van der Waals surface area contributed by atoms with Crippen LogP contribution in [0.15, 0.2) is 36.7 Å². The van der Waals surface area contributed by atoms with Gasteiger partial charge in [0, 0.05) is 24.0 Å². The highest BCUT2D eigenvalue weighted by Gasteiger charge is 2.15. The molecule has 16 heavy (non-hydrogen) atoms. The van der Waals surface area contributed by atoms with Crippen molar-refractivity contribution in [3.05, 3.63) is 53.1 Å². The normalized spacial score (nSPS) is 12.7. The van der Waals surface area contributed by atoms with Gasteiger partial charge in [0.2, 0.25) is 0 Å². The van der Waals surface area contributed by atoms with Crippen molar-refractivity contribution < 1.29 is 5.11 Å². The van der Waals surface area contributed by atoms with Crippen LogP contribution < -0.4 is 0 Å². The molecule has 0 spiro atoms. The van der Waals surface area contributed by atoms with Gasteiger partial charge in [-0.25, -0.2) is 4.98 Å². The summed E-state index contributed by atoms with van der Waals surface area (Å²) in [6.45, 7) is 2.81. The third kappa shape index (κ3) is 2.10. The fourth-order valence-electron chi connectivity index (χ4n) is 1.63. The lowest BCUT2D eigenvalue weighted by Crippen LogP contribution is -2.08. The number of halogens is 1. The summed E-state index contributed by atoms with van der Waals surface area (Å²) < 4.78 is 1.92. The Hall–Kier alpha value is -1.32. The molecule has 1 aromatic heterocycles. The molecule has 1 aromatic carbocycles. The van der Waals surface area contributed by atoms with Gasteiger partial charge in [0.15, 0.2) is 0 Å². The van der Waals surface area contributed by atoms with Crippen molar-refractivity contribution in [2.24, 2.45) is 0 Å². The maximum atomic E-state index is 10.2. The van der Waals surface area contributed by atoms with E-state index in [0.717, 1.165) is 12.1 Å². The zero-order valence-electron chi connectivity index (χ0n) is 8.97. The predicted octanol–water partition coefficient (Wildman–Crippen LogP) is 2.64. The quantitative estimate of drug-likeness (QED) is 0.890. The number of benzene rings is 1. The Labute approximate surface area is 99.3 Å². The Morgan fingerprint density at radius 2 is 2.06 bits per heavy atom. The molecule has 1 atom stereocenters. The van der Waals surface area contributed by atoms with Crippen LogP contribution in [0.4, 0.5) is 0 Å². The van der Waals surface area contributed by atoms with Crippen molar-refractivity contribution in [1.82, 2.24) is 9.55 Å². The highest BCUT2D eigenvalue weighted by molar-refractivity contribution is 6.30. The van der Waals surface area contributed by atoms with E-state index in [9.17, 15) is 5.11 Å². The van der Waals surface area contributed by atoms with Crippen LogP contribution in [0.5, 0.6) is 0 Å². The zero-order chi connectivity index (χ0) is 11.5. The van der Waals surface area contributed by atoms with Gasteiger partial charge < -0.3 is 9.67 Å². The predicted molar refractivity (Wildman–Crippen MR) is 63.4 cm³/mol. The maximum absolute atomic E-state index is 10.2. The van der Waals surface area contributed by atoms with Gasteiger partial charge in [-0.15, -0.1) is 0 Å². The van der Waals surface area contributed by atoms with Gasteiger partial charge in [0.1, 0.15) is 11.9 Å². The van der Waals surface area contributed by atoms with Crippen molar-refractivity contribution in [3.63, 3.8) is 0 Å². The van der Waals surface area contributed by atoms with Crippen molar-refractivity contribution >= 4 is 11.6 Å². The van der Waals surface area contributed by atoms with Gasteiger partial charge in [-0.2, -0.15) is 0 Å². The van der Waals surface area contributed by atoms with E-state index in [2.05, 4.69) is 4.98 Å². The van der Waals surface area contributed by atoms with E-state index in [1.165, 1.54) is 0 Å². The number of hydrogen-bond acceptors (Lipinski definition) is 2. The van der Waals surface area contributed by atoms with E-state index in [1.807, 2.05) is 29.8 Å². The number of aliphatic hydroxyl groups excluding tert-OH is 1. The number of hydrogen-bond donors (Lipinski definition) is 1. The number of aromatic nitrogens is 2. The first-order valence-electron chi connectivity index (χ1n) is 5.17. The Bertz CT molecular complexity index is 464. The molecule has 4 heteroatoms. The van der Waals surface area contributed by atoms with Gasteiger partial charge in [-0.05, 0) is 24.6 Å². The van der Waals surface area contributed by atoms with Gasteiger partial charge >= 0.3 is 0 Å². The second-order valence-electron chi connectivity index (χ2n) is 3.53. The molecule has 0 aliphatic heterocycles. The van der Waals surface area contributed by atoms with Crippen LogP contribution in [0.3, 0.4) is 0 Å². The van der Waals surface area contributed by atoms with E-state index in [-0.39, 0.29) is 0 Å². The standard InChI is InChI=1S/C12H13ClN2O/c1-2-15-8-7-14-12(15)11(16)9-3-5-10(13)6-4-9/h3-8,11,16H,2H2,1H3. The van der Waals surface area contributed by atoms with Crippen LogP contribution in [-0.4, -0.2) is 14.7 Å². The SMILES string of the molecule is CCn1ccnc1C(O)c1ccc(Cl)cc1. The molecule has 0 aliphatic rings. The van der Waals surface area contributed by atoms with Crippen molar-refractivity contribution in [2.45, 2.75) is 19.6 Å². The molecule has 0 saturated carbocycles. The van der Waals surface area contributed by atoms with Crippen LogP contribution in [0.2, 0.25) is 5.02 Å². The summed E-state index contributed by atoms with van der Waals surface area (Å²) >= 11 is 5.80. The highest BCUT2D eigenvalue weighted by Crippen LogP contribution is 2.22. The molecule has 0 amide bonds. The molecule has 3 nitrogen and oxygen atoms in total. The second-order valence-corrected chi connectivity index (χ2v) is 3.96. The first-order chi connectivity index (χ1) is 7.72. The lowest BCUT2D eigenvalue weighted by Gasteiger charge is -2.12. The van der Waals surface area contributed by atoms with Crippen LogP contribution in [0.25, 0.3) is 0 Å². The largest absolute Gasteiger partial charge is 0.380 e. The van der Waals surface area contributed by atoms with Crippen molar-refractivity contribution in [1.29, 1.82) is 0 Å². The molecule has 1 unspecified atom stereocenters. The molecule has 2 aromatic rings. The first kappa shape index (κ1) is 11.2. The molecule has 1 heterocycles. The molecule has 0 saturated heterocycles. The van der Waals surface area contributed by atoms with Crippen LogP contribution in [0.1, 0.15) is 24.4 Å². The van der Waals surface area contributed by atoms with Crippen LogP contribution in [0, 0.1) is 0 Å². The van der Waals surface area contributed by atoms with Gasteiger partial charge in [0.05, 0.1) is 0 Å². The van der Waals surface area contributed by atoms with Gasteiger partial charge in [-0.3, -0.25) is 0 Å². The summed E-state index contributed by atoms with van der Waals surface area (Å²) in [6, 6.07) is 7.14. The summed E-state index contributed by atoms with van der Waals surface area (Å²) in [5.41, 5.74) is 0.797. The molecule has 1 N–H and O–H groups in total. The van der Waals surface area contributed by atoms with Gasteiger partial charge in [-0.1, -0.05) is 23.7 Å². The zero-order valence-corrected chi connectivity index (χ0v) is 9.72. The minimum absolute atomic E-state index is 0.657. The lowest BCUT2D eigenvalue weighted by atomic mass is 10.1. The summed E-state index contributed by atoms with van der Waals surface area (Å²) in [7, 11) is 0. The minimum atomic E-state index is -0.702. The third-order valence-corrected chi connectivity index (χ3v) is 2.77. The van der Waals surface area contributed by atoms with E-state index in [4.69, 9.17) is 11.6 Å². The Morgan fingerprint density at radius 1 is 1.38 bits per heavy atom. The van der Waals surface area contributed by atoms with Crippen molar-refractivity contribution in [2.75, 3.05) is 0 Å². The average molecular weight is 237 g/mol. The molecule has 84 valence electrons. The third-order valence-electron chi connectivity index (χ3n) is 2.52. The Balaban J connectivity index is 2.31. The summed E-state index contributed by atoms with van der Waals surface area (Å²) in [6.07, 6.45) is 2.85. The van der Waals surface area contributed by atoms with E-state index in [0.29, 0.717) is 10.8 Å². The first-order valence-corrected chi connectivity index (χ1v) is 5.54. The maximum Gasteiger partial charge on any atom is 0.142 e. The monoisotopic (exact) mass is 236 g/mol. The molecular weight excluding hydrogens is 224 g/mol. The fourth-order valence-corrected chi connectivity index (χ4v) is 1.76. The molecule has 2 rings (SSSR count). The molecule has 0 aliphatic carbocycles. The van der Waals surface area contributed by atoms with E-state index in [1.54, 1.807) is 18.3 Å². The van der Waals surface area contributed by atoms with Crippen LogP contribution >= 0.6 is 11.6 Å². The fraction of sp³-hybridized carbons (Fsp3) is 0.250. The van der Waals surface area contributed by atoms with Crippen molar-refractivity contribution in [3.8, 4) is 0 Å². The summed E-state index contributed by atoms with van der Waals surface area (Å²) in [5.74, 6) is 0.657.